The van der Waals surface area contributed by atoms with Gasteiger partial charge in [0.1, 0.15) is 5.75 Å². The highest BCUT2D eigenvalue weighted by Crippen LogP contribution is 2.64. The number of rotatable bonds is 4. The number of nitrogens with two attached hydrogens (primary N) is 1. The number of phenols is 1. The Labute approximate surface area is 259 Å². The van der Waals surface area contributed by atoms with Crippen LogP contribution in [0.1, 0.15) is 41.0 Å². The Bertz CT molecular complexity index is 1820. The number of phenolic OH excluding ortho intramolecular Hbond substituents is 1. The van der Waals surface area contributed by atoms with Gasteiger partial charge in [0.15, 0.2) is 0 Å². The number of imide groups is 4. The van der Waals surface area contributed by atoms with Gasteiger partial charge in [-0.2, -0.15) is 9.91 Å². The monoisotopic (exact) mass is 604 g/mol. The molecule has 0 radical (unpaired) electrons. The standard InChI is InChI=1S/C35H32N4O6/c1-18-8-11-22(12-9-18)37-39-31(42)26-17-25-23(13-14-24-28(25)32(43)38(30(24)41)34(36)45)29(20-10-15-27(40)19(2)16-20)35(26,33(39)44)21-6-4-3-5-7-21/h3-13,15-16,24-26,28-29,37,40H,14,17H2,1-2H3,(H2,36,45)/t24-,25+,26-,28-,29-,35+/m0/s1. The van der Waals surface area contributed by atoms with E-state index in [-0.39, 0.29) is 18.6 Å². The maximum atomic E-state index is 15.0. The molecule has 3 aromatic rings. The van der Waals surface area contributed by atoms with Crippen molar-refractivity contribution in [3.63, 3.8) is 0 Å². The fourth-order valence-electron chi connectivity index (χ4n) is 8.20. The van der Waals surface area contributed by atoms with Gasteiger partial charge < -0.3 is 10.8 Å². The van der Waals surface area contributed by atoms with Crippen molar-refractivity contribution in [3.8, 4) is 5.75 Å². The summed E-state index contributed by atoms with van der Waals surface area (Å²) in [6.45, 7) is 3.70. The number of benzene rings is 3. The molecule has 4 aliphatic rings. The number of allylic oxidation sites excluding steroid dienone is 2. The van der Waals surface area contributed by atoms with Crippen molar-refractivity contribution in [2.24, 2.45) is 29.4 Å². The van der Waals surface area contributed by atoms with Crippen LogP contribution in [0.2, 0.25) is 0 Å². The molecule has 0 aromatic heterocycles. The summed E-state index contributed by atoms with van der Waals surface area (Å²) in [5.41, 5.74) is 11.4. The molecule has 0 spiro atoms. The van der Waals surface area contributed by atoms with Crippen LogP contribution in [0, 0.1) is 37.5 Å². The van der Waals surface area contributed by atoms with Crippen LogP contribution >= 0.6 is 0 Å². The predicted octanol–water partition coefficient (Wildman–Crippen LogP) is 4.07. The molecular weight excluding hydrogens is 572 g/mol. The number of carbonyl (C=O) groups is 5. The van der Waals surface area contributed by atoms with Crippen LogP contribution in [0.25, 0.3) is 0 Å². The molecule has 7 rings (SSSR count). The average Bonchev–Trinajstić information content (AvgIpc) is 3.41. The Hall–Kier alpha value is -5.25. The van der Waals surface area contributed by atoms with Crippen LogP contribution in [0.4, 0.5) is 10.5 Å². The first-order valence-corrected chi connectivity index (χ1v) is 15.0. The summed E-state index contributed by atoms with van der Waals surface area (Å²) in [5.74, 6) is -6.06. The molecule has 10 nitrogen and oxygen atoms in total. The number of fused-ring (bicyclic) bond motifs is 4. The van der Waals surface area contributed by atoms with E-state index in [9.17, 15) is 24.3 Å². The van der Waals surface area contributed by atoms with Crippen molar-refractivity contribution in [1.82, 2.24) is 9.91 Å². The number of hydrogen-bond acceptors (Lipinski definition) is 7. The van der Waals surface area contributed by atoms with Gasteiger partial charge in [-0.1, -0.05) is 71.8 Å². The molecule has 1 saturated carbocycles. The summed E-state index contributed by atoms with van der Waals surface area (Å²) in [5, 5.41) is 11.5. The maximum absolute atomic E-state index is 15.0. The summed E-state index contributed by atoms with van der Waals surface area (Å²) >= 11 is 0. The lowest BCUT2D eigenvalue weighted by molar-refractivity contribution is -0.139. The SMILES string of the molecule is Cc1ccc(NN2C(=O)[C@@H]3C[C@@H]4C(=CC[C@@H]5C(=O)N(C(N)=O)C(=O)[C@@H]54)[C@H](c4ccc(O)c(C)c4)[C@]3(c3ccccc3)C2=O)cc1. The molecule has 2 heterocycles. The van der Waals surface area contributed by atoms with E-state index in [0.29, 0.717) is 27.3 Å². The van der Waals surface area contributed by atoms with Crippen molar-refractivity contribution in [3.05, 3.63) is 107 Å². The van der Waals surface area contributed by atoms with Gasteiger partial charge in [0.25, 0.3) is 11.8 Å². The normalized spacial score (nSPS) is 28.8. The minimum absolute atomic E-state index is 0.0827. The number of carbonyl (C=O) groups excluding carboxylic acids is 5. The Kier molecular flexibility index (Phi) is 6.43. The third-order valence-corrected chi connectivity index (χ3v) is 10.2. The number of urea groups is 1. The molecule has 10 heteroatoms. The molecule has 0 bridgehead atoms. The number of hydrogen-bond donors (Lipinski definition) is 3. The van der Waals surface area contributed by atoms with Gasteiger partial charge >= 0.3 is 6.03 Å². The van der Waals surface area contributed by atoms with Gasteiger partial charge in [-0.3, -0.25) is 24.6 Å². The van der Waals surface area contributed by atoms with Crippen LogP contribution in [-0.2, 0) is 24.6 Å². The quantitative estimate of drug-likeness (QED) is 0.300. The fraction of sp³-hybridized carbons (Fsp3) is 0.286. The second kappa shape index (κ2) is 10.2. The first-order chi connectivity index (χ1) is 21.5. The van der Waals surface area contributed by atoms with E-state index >= 15 is 4.79 Å². The predicted molar refractivity (Wildman–Crippen MR) is 163 cm³/mol. The van der Waals surface area contributed by atoms with Gasteiger partial charge in [-0.15, -0.1) is 0 Å². The van der Waals surface area contributed by atoms with Crippen LogP contribution < -0.4 is 11.2 Å². The highest BCUT2D eigenvalue weighted by atomic mass is 16.3. The summed E-state index contributed by atoms with van der Waals surface area (Å²) in [7, 11) is 0. The van der Waals surface area contributed by atoms with Crippen LogP contribution in [0.5, 0.6) is 5.75 Å². The van der Waals surface area contributed by atoms with Gasteiger partial charge in [0.05, 0.1) is 28.9 Å². The van der Waals surface area contributed by atoms with Crippen molar-refractivity contribution >= 4 is 35.3 Å². The number of primary amides is 1. The zero-order valence-electron chi connectivity index (χ0n) is 24.8. The lowest BCUT2D eigenvalue weighted by Crippen LogP contribution is -2.53. The van der Waals surface area contributed by atoms with E-state index in [1.54, 1.807) is 31.2 Å². The number of nitrogens with zero attached hydrogens (tertiary/aromatic N) is 2. The third kappa shape index (κ3) is 3.97. The van der Waals surface area contributed by atoms with E-state index in [1.807, 2.05) is 61.5 Å². The number of likely N-dealkylation sites (tertiary alicyclic amines) is 1. The molecule has 2 aliphatic heterocycles. The van der Waals surface area contributed by atoms with Gasteiger partial charge in [-0.05, 0) is 67.5 Å². The molecule has 3 fully saturated rings. The molecular formula is C35H32N4O6. The van der Waals surface area contributed by atoms with E-state index in [1.165, 1.54) is 0 Å². The van der Waals surface area contributed by atoms with Crippen molar-refractivity contribution in [2.75, 3.05) is 5.43 Å². The highest BCUT2D eigenvalue weighted by molar-refractivity contribution is 6.17. The van der Waals surface area contributed by atoms with Crippen LogP contribution in [0.15, 0.2) is 84.4 Å². The van der Waals surface area contributed by atoms with E-state index in [4.69, 9.17) is 5.73 Å². The first-order valence-electron chi connectivity index (χ1n) is 15.0. The molecule has 2 saturated heterocycles. The Morgan fingerprint density at radius 2 is 1.62 bits per heavy atom. The molecule has 4 N–H and O–H groups in total. The summed E-state index contributed by atoms with van der Waals surface area (Å²) < 4.78 is 0. The molecule has 6 atom stereocenters. The first kappa shape index (κ1) is 28.5. The number of aromatic hydroxyl groups is 1. The highest BCUT2D eigenvalue weighted by Gasteiger charge is 2.70. The topological polar surface area (TPSA) is 150 Å². The van der Waals surface area contributed by atoms with Crippen molar-refractivity contribution in [1.29, 1.82) is 0 Å². The van der Waals surface area contributed by atoms with E-state index in [0.717, 1.165) is 16.1 Å². The average molecular weight is 605 g/mol. The van der Waals surface area contributed by atoms with Gasteiger partial charge in [-0.25, -0.2) is 4.79 Å². The molecule has 3 aromatic carbocycles. The summed E-state index contributed by atoms with van der Waals surface area (Å²) in [6.07, 6.45) is 2.20. The zero-order chi connectivity index (χ0) is 31.8. The Morgan fingerprint density at radius 3 is 2.29 bits per heavy atom. The zero-order valence-corrected chi connectivity index (χ0v) is 24.8. The molecule has 228 valence electrons. The molecule has 2 aliphatic carbocycles. The lowest BCUT2D eigenvalue weighted by atomic mass is 9.49. The minimum Gasteiger partial charge on any atom is -0.508 e. The van der Waals surface area contributed by atoms with Gasteiger partial charge in [0.2, 0.25) is 11.8 Å². The summed E-state index contributed by atoms with van der Waals surface area (Å²) in [4.78, 5) is 69.1. The van der Waals surface area contributed by atoms with Gasteiger partial charge in [0, 0.05) is 5.92 Å². The van der Waals surface area contributed by atoms with E-state index in [2.05, 4.69) is 5.43 Å². The minimum atomic E-state index is -1.41. The number of amides is 6. The molecule has 0 unspecified atom stereocenters. The van der Waals surface area contributed by atoms with Crippen LogP contribution in [0.3, 0.4) is 0 Å². The number of nitrogens with one attached hydrogen (secondary N) is 1. The van der Waals surface area contributed by atoms with E-state index < -0.39 is 64.7 Å². The van der Waals surface area contributed by atoms with Crippen molar-refractivity contribution < 1.29 is 29.1 Å². The third-order valence-electron chi connectivity index (χ3n) is 10.2. The largest absolute Gasteiger partial charge is 0.508 e. The Morgan fingerprint density at radius 1 is 0.911 bits per heavy atom. The smallest absolute Gasteiger partial charge is 0.328 e. The lowest BCUT2D eigenvalue weighted by Gasteiger charge is -2.50. The van der Waals surface area contributed by atoms with Crippen molar-refractivity contribution in [2.45, 2.75) is 38.0 Å². The molecule has 6 amide bonds. The molecule has 45 heavy (non-hydrogen) atoms. The second-order valence-electron chi connectivity index (χ2n) is 12.5. The fourth-order valence-corrected chi connectivity index (χ4v) is 8.20. The summed E-state index contributed by atoms with van der Waals surface area (Å²) in [6, 6.07) is 20.5. The second-order valence-corrected chi connectivity index (χ2v) is 12.5. The maximum Gasteiger partial charge on any atom is 0.328 e. The Balaban J connectivity index is 1.46. The number of hydrazine groups is 1. The number of anilines is 1. The van der Waals surface area contributed by atoms with Crippen LogP contribution in [-0.4, -0.2) is 44.7 Å². The number of aryl methyl sites for hydroxylation is 2.